The molecule has 5 heterocycles. The number of imide groups is 1. The van der Waals surface area contributed by atoms with E-state index in [1.807, 2.05) is 18.2 Å². The molecule has 63 heavy (non-hydrogen) atoms. The Labute approximate surface area is 365 Å². The predicted octanol–water partition coefficient (Wildman–Crippen LogP) is 6.55. The number of aryl methyl sites for hydroxylation is 2. The number of rotatable bonds is 17. The van der Waals surface area contributed by atoms with E-state index in [9.17, 15) is 32.7 Å². The summed E-state index contributed by atoms with van der Waals surface area (Å²) < 4.78 is 55.6. The van der Waals surface area contributed by atoms with Crippen LogP contribution in [0.5, 0.6) is 0 Å². The Bertz CT molecular complexity index is 2250. The molecule has 2 aliphatic heterocycles. The van der Waals surface area contributed by atoms with Gasteiger partial charge in [-0.1, -0.05) is 6.07 Å². The molecule has 344 valence electrons. The van der Waals surface area contributed by atoms with Gasteiger partial charge in [0, 0.05) is 63.6 Å². The predicted molar refractivity (Wildman–Crippen MR) is 233 cm³/mol. The number of carbonyl (C=O) groups is 2. The summed E-state index contributed by atoms with van der Waals surface area (Å²) >= 11 is 0. The molecule has 1 aromatic carbocycles. The van der Waals surface area contributed by atoms with Crippen molar-refractivity contribution in [3.63, 3.8) is 0 Å². The molecule has 14 nitrogen and oxygen atoms in total. The fourth-order valence-corrected chi connectivity index (χ4v) is 10.4. The van der Waals surface area contributed by atoms with Crippen LogP contribution in [0.4, 0.5) is 19.1 Å². The Morgan fingerprint density at radius 1 is 0.905 bits per heavy atom. The standard InChI is InChI=1S/C46H63F3N8O6/c1-54-40-25-30(6-13-38(40)57(45(54)61)39-14-15-41(59)52-43(39)60)3-2-22-62-23-24-63-29-32-16-20-55(21-17-32)27-31-4-7-33(8-5-31)37-28-56(34-9-11-35(58)12-10-34)42-36(37)26-51-44(53-42)50-19-18-46(47,48)49/h6,13,25-26,28,31-35,39,58H,2-5,7-12,14-24,27,29H2,1H3,(H,50,51,53)(H,52,59,60)/t31-,33-,34-,35-,39-/m0/s1. The van der Waals surface area contributed by atoms with Gasteiger partial charge in [-0.3, -0.25) is 24.0 Å². The number of hydrogen-bond donors (Lipinski definition) is 3. The van der Waals surface area contributed by atoms with Crippen LogP contribution in [0.15, 0.2) is 35.4 Å². The number of imidazole rings is 1. The molecule has 2 amide bonds. The van der Waals surface area contributed by atoms with Gasteiger partial charge in [-0.2, -0.15) is 18.2 Å². The number of anilines is 1. The monoisotopic (exact) mass is 880 g/mol. The van der Waals surface area contributed by atoms with E-state index in [-0.39, 0.29) is 42.7 Å². The van der Waals surface area contributed by atoms with Crippen molar-refractivity contribution in [3.8, 4) is 0 Å². The molecular weight excluding hydrogens is 818 g/mol. The van der Waals surface area contributed by atoms with Gasteiger partial charge in [0.2, 0.25) is 17.8 Å². The second kappa shape index (κ2) is 20.2. The lowest BCUT2D eigenvalue weighted by Gasteiger charge is -2.36. The molecule has 4 aromatic rings. The van der Waals surface area contributed by atoms with Gasteiger partial charge in [-0.05, 0) is 138 Å². The van der Waals surface area contributed by atoms with Gasteiger partial charge in [0.25, 0.3) is 0 Å². The lowest BCUT2D eigenvalue weighted by Crippen LogP contribution is -2.44. The highest BCUT2D eigenvalue weighted by molar-refractivity contribution is 6.00. The summed E-state index contributed by atoms with van der Waals surface area (Å²) in [7, 11) is 1.71. The van der Waals surface area contributed by atoms with Crippen molar-refractivity contribution in [2.45, 2.75) is 127 Å². The molecular formula is C46H63F3N8O6. The topological polar surface area (TPSA) is 158 Å². The molecule has 0 unspecified atom stereocenters. The summed E-state index contributed by atoms with van der Waals surface area (Å²) in [5.41, 5.74) is 4.29. The summed E-state index contributed by atoms with van der Waals surface area (Å²) in [5, 5.41) is 16.3. The first-order valence-corrected chi connectivity index (χ1v) is 23.2. The van der Waals surface area contributed by atoms with Crippen molar-refractivity contribution in [1.29, 1.82) is 0 Å². The molecule has 0 spiro atoms. The Morgan fingerprint density at radius 2 is 1.67 bits per heavy atom. The third-order valence-corrected chi connectivity index (χ3v) is 14.0. The fourth-order valence-electron chi connectivity index (χ4n) is 10.4. The molecule has 4 aliphatic rings. The van der Waals surface area contributed by atoms with E-state index in [2.05, 4.69) is 31.3 Å². The van der Waals surface area contributed by atoms with Crippen LogP contribution in [0.2, 0.25) is 0 Å². The number of aliphatic hydroxyl groups excluding tert-OH is 1. The molecule has 2 saturated carbocycles. The SMILES string of the molecule is Cn1c(=O)n([C@H]2CCC(=O)NC2=O)c2ccc(CCCOCCOCC3CCN(C[C@H]4CC[C@H](c5cn([C@H]6CC[C@H](O)CC6)c6nc(NCCC(F)(F)F)ncc65)CC4)CC3)cc21. The highest BCUT2D eigenvalue weighted by Crippen LogP contribution is 2.42. The molecule has 17 heteroatoms. The van der Waals surface area contributed by atoms with Gasteiger partial charge in [-0.15, -0.1) is 0 Å². The van der Waals surface area contributed by atoms with Gasteiger partial charge >= 0.3 is 11.9 Å². The minimum Gasteiger partial charge on any atom is -0.393 e. The highest BCUT2D eigenvalue weighted by atomic mass is 19.4. The minimum atomic E-state index is -4.24. The van der Waals surface area contributed by atoms with Crippen LogP contribution in [0.25, 0.3) is 22.1 Å². The van der Waals surface area contributed by atoms with Crippen molar-refractivity contribution in [2.75, 3.05) is 57.9 Å². The molecule has 3 aromatic heterocycles. The zero-order valence-electron chi connectivity index (χ0n) is 36.4. The van der Waals surface area contributed by atoms with E-state index in [1.165, 1.54) is 10.1 Å². The Morgan fingerprint density at radius 3 is 2.41 bits per heavy atom. The van der Waals surface area contributed by atoms with Gasteiger partial charge in [-0.25, -0.2) is 9.78 Å². The summed E-state index contributed by atoms with van der Waals surface area (Å²) in [6.07, 6.45) is 10.6. The number of likely N-dealkylation sites (tertiary alicyclic amines) is 1. The average molecular weight is 881 g/mol. The Balaban J connectivity index is 0.722. The van der Waals surface area contributed by atoms with Crippen molar-refractivity contribution in [3.05, 3.63) is 52.2 Å². The average Bonchev–Trinajstić information content (AvgIpc) is 3.76. The first kappa shape index (κ1) is 45.3. The summed E-state index contributed by atoms with van der Waals surface area (Å²) in [5.74, 6) is 1.08. The third-order valence-electron chi connectivity index (χ3n) is 14.0. The molecule has 0 bridgehead atoms. The first-order chi connectivity index (χ1) is 30.4. The number of amides is 2. The number of piperidine rings is 2. The lowest BCUT2D eigenvalue weighted by molar-refractivity contribution is -0.136. The van der Waals surface area contributed by atoms with Crippen LogP contribution in [0, 0.1) is 11.8 Å². The summed E-state index contributed by atoms with van der Waals surface area (Å²) in [6, 6.07) is 5.38. The maximum absolute atomic E-state index is 13.1. The van der Waals surface area contributed by atoms with E-state index in [4.69, 9.17) is 14.5 Å². The molecule has 4 fully saturated rings. The van der Waals surface area contributed by atoms with Crippen molar-refractivity contribution >= 4 is 39.8 Å². The summed E-state index contributed by atoms with van der Waals surface area (Å²) in [6.45, 7) is 5.51. The van der Waals surface area contributed by atoms with Crippen molar-refractivity contribution < 1.29 is 37.3 Å². The van der Waals surface area contributed by atoms with E-state index >= 15 is 0 Å². The molecule has 0 radical (unpaired) electrons. The summed E-state index contributed by atoms with van der Waals surface area (Å²) in [4.78, 5) is 49.0. The fraction of sp³-hybridized carbons (Fsp3) is 0.674. The van der Waals surface area contributed by atoms with E-state index in [0.717, 1.165) is 125 Å². The second-order valence-electron chi connectivity index (χ2n) is 18.4. The van der Waals surface area contributed by atoms with Gasteiger partial charge in [0.15, 0.2) is 0 Å². The number of fused-ring (bicyclic) bond motifs is 2. The van der Waals surface area contributed by atoms with Crippen LogP contribution >= 0.6 is 0 Å². The number of nitrogens with one attached hydrogen (secondary N) is 2. The third kappa shape index (κ3) is 11.1. The number of hydrogen-bond acceptors (Lipinski definition) is 10. The molecule has 2 saturated heterocycles. The zero-order chi connectivity index (χ0) is 44.1. The number of halogens is 3. The number of aromatic nitrogens is 5. The van der Waals surface area contributed by atoms with Crippen LogP contribution in [0.1, 0.15) is 119 Å². The van der Waals surface area contributed by atoms with Crippen LogP contribution in [-0.4, -0.2) is 110 Å². The molecule has 3 N–H and O–H groups in total. The van der Waals surface area contributed by atoms with E-state index < -0.39 is 24.5 Å². The van der Waals surface area contributed by atoms with Crippen molar-refractivity contribution in [2.24, 2.45) is 18.9 Å². The smallest absolute Gasteiger partial charge is 0.390 e. The number of ether oxygens (including phenoxy) is 2. The van der Waals surface area contributed by atoms with Crippen LogP contribution < -0.4 is 16.3 Å². The van der Waals surface area contributed by atoms with E-state index in [0.29, 0.717) is 49.5 Å². The highest BCUT2D eigenvalue weighted by Gasteiger charge is 2.33. The van der Waals surface area contributed by atoms with E-state index in [1.54, 1.807) is 17.8 Å². The molecule has 1 atom stereocenters. The number of carbonyl (C=O) groups excluding carboxylic acids is 2. The molecule has 8 rings (SSSR count). The van der Waals surface area contributed by atoms with Crippen molar-refractivity contribution in [1.82, 2.24) is 33.9 Å². The van der Waals surface area contributed by atoms with Gasteiger partial charge in [0.05, 0.1) is 36.8 Å². The Hall–Kier alpha value is -4.32. The van der Waals surface area contributed by atoms with Crippen LogP contribution in [0.3, 0.4) is 0 Å². The van der Waals surface area contributed by atoms with Crippen LogP contribution in [-0.2, 0) is 32.5 Å². The minimum absolute atomic E-state index is 0.197. The number of alkyl halides is 3. The first-order valence-electron chi connectivity index (χ1n) is 23.2. The number of nitrogens with zero attached hydrogens (tertiary/aromatic N) is 6. The number of aliphatic hydroxyl groups is 1. The zero-order valence-corrected chi connectivity index (χ0v) is 36.4. The van der Waals surface area contributed by atoms with Gasteiger partial charge in [0.1, 0.15) is 11.7 Å². The lowest BCUT2D eigenvalue weighted by atomic mass is 9.78. The largest absolute Gasteiger partial charge is 0.393 e. The van der Waals surface area contributed by atoms with Gasteiger partial charge < -0.3 is 29.4 Å². The normalized spacial score (nSPS) is 24.4. The Kier molecular flexibility index (Phi) is 14.5. The number of benzene rings is 1. The maximum atomic E-state index is 13.1. The molecule has 2 aliphatic carbocycles. The maximum Gasteiger partial charge on any atom is 0.390 e. The second-order valence-corrected chi connectivity index (χ2v) is 18.4. The quantitative estimate of drug-likeness (QED) is 0.0785.